The largest absolute Gasteiger partial charge is 0.361 e. The summed E-state index contributed by atoms with van der Waals surface area (Å²) in [6.07, 6.45) is 0. The minimum atomic E-state index is -3.87. The molecular weight excluding hydrogens is 456 g/mol. The van der Waals surface area contributed by atoms with Gasteiger partial charge in [0.05, 0.1) is 5.69 Å². The molecular formula is C19H22N6O5S2. The number of thiocarbonyl (C=S) groups is 1. The van der Waals surface area contributed by atoms with Crippen LogP contribution in [0.1, 0.15) is 28.4 Å². The van der Waals surface area contributed by atoms with Gasteiger partial charge in [0.1, 0.15) is 22.8 Å². The van der Waals surface area contributed by atoms with Gasteiger partial charge in [0.2, 0.25) is 0 Å². The van der Waals surface area contributed by atoms with Gasteiger partial charge in [-0.25, -0.2) is 8.42 Å². The summed E-state index contributed by atoms with van der Waals surface area (Å²) in [4.78, 5) is 16.1. The van der Waals surface area contributed by atoms with Gasteiger partial charge in [0.15, 0.2) is 20.8 Å². The fraction of sp³-hybridized carbons (Fsp3) is 0.316. The van der Waals surface area contributed by atoms with E-state index in [0.717, 1.165) is 16.8 Å². The molecule has 0 aliphatic rings. The second kappa shape index (κ2) is 9.44. The molecule has 0 saturated carbocycles. The summed E-state index contributed by atoms with van der Waals surface area (Å²) in [7, 11) is -3.87. The number of hydrogen-bond acceptors (Lipinski definition) is 9. The molecule has 0 spiro atoms. The third kappa shape index (κ3) is 5.88. The van der Waals surface area contributed by atoms with E-state index < -0.39 is 27.3 Å². The Balaban J connectivity index is 1.53. The number of amides is 1. The molecule has 11 nitrogen and oxygen atoms in total. The summed E-state index contributed by atoms with van der Waals surface area (Å²) in [5, 5.41) is 10.5. The minimum Gasteiger partial charge on any atom is -0.361 e. The Bertz CT molecular complexity index is 1250. The molecule has 1 amide bonds. The zero-order valence-electron chi connectivity index (χ0n) is 17.8. The number of hydrazine groups is 1. The number of nitrogens with zero attached hydrogens (tertiary/aromatic N) is 3. The molecule has 0 unspecified atom stereocenters. The topological polar surface area (TPSA) is 152 Å². The van der Waals surface area contributed by atoms with Crippen LogP contribution >= 0.6 is 12.2 Å². The van der Waals surface area contributed by atoms with Crippen LogP contribution in [0.15, 0.2) is 27.2 Å². The SMILES string of the molecule is Cc1ccc(NC(=S)NNC(=O)CS(=O)(=O)Cc2noc(-c3c(C)noc3C)n2)c(C)c1. The summed E-state index contributed by atoms with van der Waals surface area (Å²) in [6, 6.07) is 5.75. The van der Waals surface area contributed by atoms with Crippen LogP contribution in [-0.4, -0.2) is 40.5 Å². The number of anilines is 1. The number of carbonyl (C=O) groups is 1. The lowest BCUT2D eigenvalue weighted by Gasteiger charge is -2.13. The normalized spacial score (nSPS) is 11.2. The number of benzene rings is 1. The number of sulfone groups is 1. The van der Waals surface area contributed by atoms with Crippen LogP contribution in [0.25, 0.3) is 11.5 Å². The van der Waals surface area contributed by atoms with Crippen LogP contribution in [0, 0.1) is 27.7 Å². The standard InChI is InChI=1S/C19H22N6O5S2/c1-10-5-6-14(11(2)7-10)20-19(31)23-22-16(26)9-32(27,28)8-15-21-18(30-25-15)17-12(3)24-29-13(17)4/h5-7H,8-9H2,1-4H3,(H,22,26)(H2,20,23,31). The van der Waals surface area contributed by atoms with Gasteiger partial charge in [0, 0.05) is 5.69 Å². The van der Waals surface area contributed by atoms with Crippen molar-refractivity contribution < 1.29 is 22.3 Å². The van der Waals surface area contributed by atoms with Gasteiger partial charge in [-0.1, -0.05) is 28.0 Å². The van der Waals surface area contributed by atoms with E-state index in [-0.39, 0.29) is 16.8 Å². The number of aromatic nitrogens is 3. The molecule has 0 radical (unpaired) electrons. The molecule has 0 fully saturated rings. The van der Waals surface area contributed by atoms with E-state index in [1.165, 1.54) is 0 Å². The minimum absolute atomic E-state index is 0.0761. The van der Waals surface area contributed by atoms with Crippen molar-refractivity contribution in [1.29, 1.82) is 0 Å². The molecule has 3 rings (SSSR count). The lowest BCUT2D eigenvalue weighted by molar-refractivity contribution is -0.119. The van der Waals surface area contributed by atoms with E-state index in [9.17, 15) is 13.2 Å². The Morgan fingerprint density at radius 1 is 1.09 bits per heavy atom. The summed E-state index contributed by atoms with van der Waals surface area (Å²) in [5.74, 6) is -1.66. The van der Waals surface area contributed by atoms with Gasteiger partial charge in [-0.05, 0) is 51.5 Å². The summed E-state index contributed by atoms with van der Waals surface area (Å²) < 4.78 is 34.9. The highest BCUT2D eigenvalue weighted by Crippen LogP contribution is 2.25. The molecule has 0 aliphatic heterocycles. The van der Waals surface area contributed by atoms with Gasteiger partial charge in [-0.3, -0.25) is 15.6 Å². The fourth-order valence-electron chi connectivity index (χ4n) is 2.92. The number of aryl methyl sites for hydroxylation is 4. The van der Waals surface area contributed by atoms with Crippen molar-refractivity contribution in [2.24, 2.45) is 0 Å². The number of nitrogens with one attached hydrogen (secondary N) is 3. The number of rotatable bonds is 6. The first-order valence-corrected chi connectivity index (χ1v) is 11.7. The quantitative estimate of drug-likeness (QED) is 0.352. The zero-order chi connectivity index (χ0) is 23.5. The van der Waals surface area contributed by atoms with Crippen molar-refractivity contribution in [3.05, 3.63) is 46.6 Å². The Hall–Kier alpha value is -3.32. The average molecular weight is 479 g/mol. The van der Waals surface area contributed by atoms with Gasteiger partial charge in [-0.15, -0.1) is 0 Å². The van der Waals surface area contributed by atoms with Crippen molar-refractivity contribution >= 4 is 38.8 Å². The molecule has 13 heteroatoms. The van der Waals surface area contributed by atoms with Crippen LogP contribution < -0.4 is 16.2 Å². The van der Waals surface area contributed by atoms with E-state index in [0.29, 0.717) is 17.0 Å². The average Bonchev–Trinajstić information content (AvgIpc) is 3.27. The molecule has 32 heavy (non-hydrogen) atoms. The van der Waals surface area contributed by atoms with Crippen LogP contribution in [0.2, 0.25) is 0 Å². The summed E-state index contributed by atoms with van der Waals surface area (Å²) in [5.41, 5.74) is 8.63. The van der Waals surface area contributed by atoms with E-state index in [1.807, 2.05) is 32.0 Å². The van der Waals surface area contributed by atoms with Crippen LogP contribution in [0.4, 0.5) is 5.69 Å². The van der Waals surface area contributed by atoms with E-state index in [4.69, 9.17) is 21.3 Å². The molecule has 1 aromatic carbocycles. The maximum Gasteiger partial charge on any atom is 0.263 e. The van der Waals surface area contributed by atoms with Crippen molar-refractivity contribution in [3.63, 3.8) is 0 Å². The lowest BCUT2D eigenvalue weighted by atomic mass is 10.1. The van der Waals surface area contributed by atoms with Gasteiger partial charge in [0.25, 0.3) is 11.8 Å². The van der Waals surface area contributed by atoms with Crippen LogP contribution in [0.3, 0.4) is 0 Å². The molecule has 0 saturated heterocycles. The van der Waals surface area contributed by atoms with E-state index in [2.05, 4.69) is 31.5 Å². The maximum atomic E-state index is 12.4. The van der Waals surface area contributed by atoms with E-state index in [1.54, 1.807) is 13.8 Å². The molecule has 0 aliphatic carbocycles. The Morgan fingerprint density at radius 2 is 1.84 bits per heavy atom. The summed E-state index contributed by atoms with van der Waals surface area (Å²) >= 11 is 5.12. The fourth-order valence-corrected chi connectivity index (χ4v) is 4.17. The Morgan fingerprint density at radius 3 is 2.50 bits per heavy atom. The molecule has 3 aromatic rings. The molecule has 170 valence electrons. The Kier molecular flexibility index (Phi) is 6.89. The van der Waals surface area contributed by atoms with Crippen molar-refractivity contribution in [2.45, 2.75) is 33.4 Å². The van der Waals surface area contributed by atoms with Gasteiger partial charge >= 0.3 is 0 Å². The second-order valence-electron chi connectivity index (χ2n) is 7.19. The first kappa shape index (κ1) is 23.3. The highest BCUT2D eigenvalue weighted by Gasteiger charge is 2.23. The first-order chi connectivity index (χ1) is 15.0. The predicted octanol–water partition coefficient (Wildman–Crippen LogP) is 1.89. The van der Waals surface area contributed by atoms with Crippen LogP contribution in [-0.2, 0) is 20.4 Å². The number of hydrogen-bond donors (Lipinski definition) is 3. The maximum absolute atomic E-state index is 12.4. The third-order valence-corrected chi connectivity index (χ3v) is 5.97. The smallest absolute Gasteiger partial charge is 0.263 e. The predicted molar refractivity (Wildman–Crippen MR) is 120 cm³/mol. The molecule has 3 N–H and O–H groups in total. The first-order valence-electron chi connectivity index (χ1n) is 9.43. The summed E-state index contributed by atoms with van der Waals surface area (Å²) in [6.45, 7) is 7.26. The van der Waals surface area contributed by atoms with E-state index >= 15 is 0 Å². The van der Waals surface area contributed by atoms with Crippen molar-refractivity contribution in [1.82, 2.24) is 26.1 Å². The monoisotopic (exact) mass is 478 g/mol. The van der Waals surface area contributed by atoms with Gasteiger partial charge in [-0.2, -0.15) is 4.98 Å². The highest BCUT2D eigenvalue weighted by atomic mass is 32.2. The molecule has 2 aromatic heterocycles. The van der Waals surface area contributed by atoms with Crippen molar-refractivity contribution in [2.75, 3.05) is 11.1 Å². The molecule has 0 bridgehead atoms. The second-order valence-corrected chi connectivity index (χ2v) is 9.67. The lowest BCUT2D eigenvalue weighted by Crippen LogP contribution is -2.46. The highest BCUT2D eigenvalue weighted by molar-refractivity contribution is 7.91. The number of carbonyl (C=O) groups excluding carboxylic acids is 1. The van der Waals surface area contributed by atoms with Crippen LogP contribution in [0.5, 0.6) is 0 Å². The van der Waals surface area contributed by atoms with Crippen molar-refractivity contribution in [3.8, 4) is 11.5 Å². The molecule has 0 atom stereocenters. The molecule has 2 heterocycles. The third-order valence-electron chi connectivity index (χ3n) is 4.36. The zero-order valence-corrected chi connectivity index (χ0v) is 19.5. The Labute approximate surface area is 189 Å². The van der Waals surface area contributed by atoms with Gasteiger partial charge < -0.3 is 14.4 Å².